The van der Waals surface area contributed by atoms with Crippen molar-refractivity contribution < 1.29 is 19.8 Å². The Kier molecular flexibility index (Phi) is 8.29. The average molecular weight is 368 g/mol. The summed E-state index contributed by atoms with van der Waals surface area (Å²) >= 11 is 0.387. The van der Waals surface area contributed by atoms with Crippen molar-refractivity contribution in [2.45, 2.75) is 24.3 Å². The zero-order valence-electron chi connectivity index (χ0n) is 7.50. The predicted octanol–water partition coefficient (Wildman–Crippen LogP) is 0.552. The minimum atomic E-state index is -0.802. The Morgan fingerprint density at radius 1 is 1.00 bits per heavy atom. The topological polar surface area (TPSA) is 74.6 Å². The Balaban J connectivity index is 3.47. The third kappa shape index (κ3) is 7.03. The van der Waals surface area contributed by atoms with Crippen LogP contribution in [0.15, 0.2) is 0 Å². The fourth-order valence-electron chi connectivity index (χ4n) is 0.232. The molecule has 2 atom stereocenters. The first-order valence-corrected chi connectivity index (χ1v) is 13.7. The van der Waals surface area contributed by atoms with Crippen LogP contribution in [0.2, 0.25) is 0 Å². The molecule has 2 unspecified atom stereocenters. The van der Waals surface area contributed by atoms with E-state index in [1.54, 1.807) is 13.8 Å². The van der Waals surface area contributed by atoms with Crippen LogP contribution in [0.5, 0.6) is 0 Å². The molecule has 8 heteroatoms. The van der Waals surface area contributed by atoms with E-state index >= 15 is 0 Å². The van der Waals surface area contributed by atoms with Gasteiger partial charge < -0.3 is 0 Å². The first kappa shape index (κ1) is 14.7. The molecule has 0 aromatic carbocycles. The molecule has 0 amide bonds. The summed E-state index contributed by atoms with van der Waals surface area (Å²) in [4.78, 5) is 20.9. The molecule has 0 radical (unpaired) electrons. The van der Waals surface area contributed by atoms with E-state index in [1.807, 2.05) is 0 Å². The van der Waals surface area contributed by atoms with E-state index in [0.29, 0.717) is 0 Å². The Labute approximate surface area is 100.0 Å². The van der Waals surface area contributed by atoms with Crippen LogP contribution in [0.3, 0.4) is 0 Å². The molecule has 0 aliphatic carbocycles. The van der Waals surface area contributed by atoms with E-state index in [0.717, 1.165) is 0 Å². The van der Waals surface area contributed by atoms with Crippen LogP contribution < -0.4 is 0 Å². The molecular formula is C6H10O4S2Se2. The Morgan fingerprint density at radius 3 is 1.50 bits per heavy atom. The van der Waals surface area contributed by atoms with Gasteiger partial charge in [-0.15, -0.1) is 0 Å². The monoisotopic (exact) mass is 370 g/mol. The summed E-state index contributed by atoms with van der Waals surface area (Å²) in [5, 5.41) is 16.4. The van der Waals surface area contributed by atoms with Crippen molar-refractivity contribution in [2.24, 2.45) is 0 Å². The summed E-state index contributed by atoms with van der Waals surface area (Å²) in [6.07, 6.45) is 0. The first-order chi connectivity index (χ1) is 6.45. The van der Waals surface area contributed by atoms with Gasteiger partial charge in [0.2, 0.25) is 0 Å². The quantitative estimate of drug-likeness (QED) is 0.505. The van der Waals surface area contributed by atoms with Crippen molar-refractivity contribution in [3.05, 3.63) is 0 Å². The molecule has 2 N–H and O–H groups in total. The predicted molar refractivity (Wildman–Crippen MR) is 60.9 cm³/mol. The second kappa shape index (κ2) is 7.90. The van der Waals surface area contributed by atoms with E-state index < -0.39 is 11.9 Å². The molecule has 0 aliphatic rings. The van der Waals surface area contributed by atoms with Gasteiger partial charge in [0.05, 0.1) is 0 Å². The van der Waals surface area contributed by atoms with Gasteiger partial charge in [-0.25, -0.2) is 0 Å². The second-order valence-corrected chi connectivity index (χ2v) is 17.4. The summed E-state index contributed by atoms with van der Waals surface area (Å²) in [5.74, 6) is -1.60. The van der Waals surface area contributed by atoms with Gasteiger partial charge in [0.15, 0.2) is 0 Å². The summed E-state index contributed by atoms with van der Waals surface area (Å²) in [6, 6.07) is 0. The van der Waals surface area contributed by atoms with Crippen molar-refractivity contribution >= 4 is 56.3 Å². The van der Waals surface area contributed by atoms with Crippen molar-refractivity contribution in [1.29, 1.82) is 0 Å². The molecule has 0 aromatic rings. The molecule has 0 heterocycles. The van der Waals surface area contributed by atoms with E-state index in [2.05, 4.69) is 0 Å². The first-order valence-electron chi connectivity index (χ1n) is 3.56. The zero-order valence-corrected chi connectivity index (χ0v) is 12.6. The van der Waals surface area contributed by atoms with Crippen LogP contribution in [0.25, 0.3) is 0 Å². The number of carboxylic acids is 2. The van der Waals surface area contributed by atoms with Gasteiger partial charge in [-0.1, -0.05) is 0 Å². The van der Waals surface area contributed by atoms with Crippen molar-refractivity contribution in [3.8, 4) is 0 Å². The number of rotatable bonds is 7. The molecule has 0 saturated carbocycles. The van der Waals surface area contributed by atoms with Crippen LogP contribution in [-0.4, -0.2) is 56.7 Å². The van der Waals surface area contributed by atoms with Crippen LogP contribution in [-0.2, 0) is 9.59 Å². The molecule has 0 bridgehead atoms. The van der Waals surface area contributed by atoms with Gasteiger partial charge in [-0.3, -0.25) is 0 Å². The van der Waals surface area contributed by atoms with Gasteiger partial charge in [0.25, 0.3) is 0 Å². The summed E-state index contributed by atoms with van der Waals surface area (Å²) < 4.78 is 0. The third-order valence-electron chi connectivity index (χ3n) is 1.09. The number of carbonyl (C=O) groups is 2. The van der Waals surface area contributed by atoms with E-state index in [4.69, 9.17) is 10.2 Å². The Bertz CT molecular complexity index is 192. The molecule has 0 spiro atoms. The fraction of sp³-hybridized carbons (Fsp3) is 0.667. The molecule has 0 saturated heterocycles. The Morgan fingerprint density at radius 2 is 1.29 bits per heavy atom. The molecule has 4 nitrogen and oxygen atoms in total. The number of hydrogen-bond donors (Lipinski definition) is 2. The van der Waals surface area contributed by atoms with Gasteiger partial charge in [0.1, 0.15) is 0 Å². The molecule has 0 rings (SSSR count). The van der Waals surface area contributed by atoms with E-state index in [9.17, 15) is 9.59 Å². The normalized spacial score (nSPS) is 14.7. The maximum atomic E-state index is 10.4. The van der Waals surface area contributed by atoms with Crippen molar-refractivity contribution in [3.63, 3.8) is 0 Å². The van der Waals surface area contributed by atoms with Crippen LogP contribution >= 0.6 is 20.4 Å². The SMILES string of the molecule is CC(S[Se][Se]SC(C)C(=O)O)C(=O)O. The molecule has 0 aliphatic heterocycles. The molecule has 0 aromatic heterocycles. The average Bonchev–Trinajstić information content (AvgIpc) is 2.11. The summed E-state index contributed by atoms with van der Waals surface area (Å²) in [6.45, 7) is 3.30. The van der Waals surface area contributed by atoms with Gasteiger partial charge in [0, 0.05) is 0 Å². The van der Waals surface area contributed by atoms with Crippen molar-refractivity contribution in [2.75, 3.05) is 0 Å². The van der Waals surface area contributed by atoms with Crippen LogP contribution in [0.1, 0.15) is 13.8 Å². The number of hydrogen-bond acceptors (Lipinski definition) is 4. The van der Waals surface area contributed by atoms with Gasteiger partial charge >= 0.3 is 100 Å². The Hall–Kier alpha value is 0.679. The third-order valence-corrected chi connectivity index (χ3v) is 18.7. The summed E-state index contributed by atoms with van der Waals surface area (Å²) in [5.41, 5.74) is 0. The molecular weight excluding hydrogens is 358 g/mol. The van der Waals surface area contributed by atoms with E-state index in [1.165, 1.54) is 20.4 Å². The molecule has 0 fully saturated rings. The molecule has 82 valence electrons. The van der Waals surface area contributed by atoms with E-state index in [-0.39, 0.29) is 34.5 Å². The number of aliphatic carboxylic acids is 2. The fourth-order valence-corrected chi connectivity index (χ4v) is 18.6. The van der Waals surface area contributed by atoms with Gasteiger partial charge in [-0.2, -0.15) is 0 Å². The number of carboxylic acid groups (broad SMARTS) is 2. The maximum absolute atomic E-state index is 10.4. The van der Waals surface area contributed by atoms with Gasteiger partial charge in [-0.05, 0) is 0 Å². The minimum absolute atomic E-state index is 0.194. The second-order valence-electron chi connectivity index (χ2n) is 2.29. The molecule has 14 heavy (non-hydrogen) atoms. The van der Waals surface area contributed by atoms with Crippen molar-refractivity contribution in [1.82, 2.24) is 0 Å². The zero-order chi connectivity index (χ0) is 11.1. The van der Waals surface area contributed by atoms with Crippen LogP contribution in [0, 0.1) is 0 Å². The van der Waals surface area contributed by atoms with Crippen LogP contribution in [0.4, 0.5) is 0 Å². The standard InChI is InChI=1S/C6H10O4S2Se2/c1-3(5(7)8)11-13-14-12-4(2)6(9)10/h3-4H,1-2H3,(H,7,8)(H,9,10). The summed E-state index contributed by atoms with van der Waals surface area (Å²) in [7, 11) is 2.83.